The second-order valence-corrected chi connectivity index (χ2v) is 7.73. The lowest BCUT2D eigenvalue weighted by atomic mass is 9.85. The second-order valence-electron chi connectivity index (χ2n) is 6.82. The van der Waals surface area contributed by atoms with E-state index in [4.69, 9.17) is 9.05 Å². The number of hydrogen-bond donors (Lipinski definition) is 2. The van der Waals surface area contributed by atoms with Gasteiger partial charge in [0, 0.05) is 0 Å². The van der Waals surface area contributed by atoms with Gasteiger partial charge in [0.05, 0.1) is 12.2 Å². The molecule has 0 aliphatic heterocycles. The van der Waals surface area contributed by atoms with Crippen molar-refractivity contribution in [3.05, 3.63) is 29.3 Å². The Bertz CT molecular complexity index is 446. The van der Waals surface area contributed by atoms with Crippen molar-refractivity contribution in [2.75, 3.05) is 0 Å². The first-order valence-electron chi connectivity index (χ1n) is 6.62. The van der Waals surface area contributed by atoms with E-state index >= 15 is 0 Å². The molecule has 1 rings (SSSR count). The van der Waals surface area contributed by atoms with Crippen LogP contribution in [0.1, 0.15) is 52.7 Å². The quantitative estimate of drug-likeness (QED) is 0.816. The third-order valence-corrected chi connectivity index (χ3v) is 3.62. The predicted molar refractivity (Wildman–Crippen MR) is 81.6 cm³/mol. The van der Waals surface area contributed by atoms with Crippen LogP contribution in [0.5, 0.6) is 5.75 Å². The highest BCUT2D eigenvalue weighted by Crippen LogP contribution is 2.39. The van der Waals surface area contributed by atoms with E-state index in [9.17, 15) is 10.00 Å². The minimum absolute atomic E-state index is 0.147. The Morgan fingerprint density at radius 3 is 2.20 bits per heavy atom. The summed E-state index contributed by atoms with van der Waals surface area (Å²) in [5.41, 5.74) is 1.17. The minimum atomic E-state index is -1.90. The molecule has 0 aliphatic carbocycles. The maximum Gasteiger partial charge on any atom is 0.330 e. The smallest absolute Gasteiger partial charge is 0.330 e. The van der Waals surface area contributed by atoms with Gasteiger partial charge in [0.1, 0.15) is 5.75 Å². The zero-order chi connectivity index (χ0) is 15.6. The van der Waals surface area contributed by atoms with E-state index < -0.39 is 14.2 Å². The first-order valence-corrected chi connectivity index (χ1v) is 7.75. The summed E-state index contributed by atoms with van der Waals surface area (Å²) in [5, 5.41) is 9.89. The Balaban J connectivity index is 2.70. The van der Waals surface area contributed by atoms with Crippen LogP contribution in [0, 0.1) is 0 Å². The Hall–Kier alpha value is -0.670. The highest BCUT2D eigenvalue weighted by Gasteiger charge is 2.20. The van der Waals surface area contributed by atoms with Crippen LogP contribution >= 0.6 is 8.60 Å². The zero-order valence-corrected chi connectivity index (χ0v) is 14.0. The average Bonchev–Trinajstić information content (AvgIpc) is 2.24. The number of phenolic OH excluding ortho intramolecular Hbond substituents is 1. The molecule has 0 radical (unpaired) electrons. The lowest BCUT2D eigenvalue weighted by Crippen LogP contribution is -2.16. The van der Waals surface area contributed by atoms with Crippen molar-refractivity contribution in [1.29, 1.82) is 0 Å². The highest BCUT2D eigenvalue weighted by molar-refractivity contribution is 7.40. The molecule has 114 valence electrons. The summed E-state index contributed by atoms with van der Waals surface area (Å²) in [6, 6.07) is 5.34. The first kappa shape index (κ1) is 17.4. The Kier molecular flexibility index (Phi) is 5.56. The van der Waals surface area contributed by atoms with Gasteiger partial charge in [0.2, 0.25) is 0 Å². The third-order valence-electron chi connectivity index (χ3n) is 2.56. The normalized spacial score (nSPS) is 14.3. The molecule has 0 heterocycles. The Morgan fingerprint density at radius 1 is 1.10 bits per heavy atom. The van der Waals surface area contributed by atoms with Gasteiger partial charge in [-0.15, -0.1) is 0 Å². The van der Waals surface area contributed by atoms with Crippen LogP contribution in [-0.4, -0.2) is 15.6 Å². The Morgan fingerprint density at radius 2 is 1.70 bits per heavy atom. The summed E-state index contributed by atoms with van der Waals surface area (Å²) in [6.45, 7) is 11.9. The zero-order valence-electron chi connectivity index (χ0n) is 13.1. The van der Waals surface area contributed by atoms with E-state index in [1.807, 2.05) is 47.6 Å². The minimum Gasteiger partial charge on any atom is -0.508 e. The number of aromatic hydroxyl groups is 1. The fraction of sp³-hybridized carbons (Fsp3) is 0.600. The van der Waals surface area contributed by atoms with Crippen molar-refractivity contribution in [1.82, 2.24) is 0 Å². The van der Waals surface area contributed by atoms with Gasteiger partial charge in [0.25, 0.3) is 0 Å². The molecule has 4 nitrogen and oxygen atoms in total. The summed E-state index contributed by atoms with van der Waals surface area (Å²) >= 11 is 0. The fourth-order valence-corrected chi connectivity index (χ4v) is 2.44. The molecule has 1 aromatic carbocycles. The van der Waals surface area contributed by atoms with Crippen molar-refractivity contribution < 1.29 is 19.0 Å². The van der Waals surface area contributed by atoms with Crippen LogP contribution in [-0.2, 0) is 21.1 Å². The van der Waals surface area contributed by atoms with Gasteiger partial charge in [-0.2, -0.15) is 0 Å². The van der Waals surface area contributed by atoms with Crippen molar-refractivity contribution >= 4 is 8.60 Å². The molecule has 1 atom stereocenters. The van der Waals surface area contributed by atoms with Crippen LogP contribution in [0.25, 0.3) is 0 Å². The molecule has 0 fully saturated rings. The van der Waals surface area contributed by atoms with E-state index in [-0.39, 0.29) is 17.8 Å². The number of hydrogen-bond acceptors (Lipinski definition) is 4. The first-order chi connectivity index (χ1) is 8.99. The summed E-state index contributed by atoms with van der Waals surface area (Å²) in [7, 11) is -1.90. The molecule has 0 amide bonds. The lowest BCUT2D eigenvalue weighted by molar-refractivity contribution is 0.0895. The molecule has 0 saturated heterocycles. The van der Waals surface area contributed by atoms with E-state index in [0.717, 1.165) is 11.1 Å². The van der Waals surface area contributed by atoms with Crippen LogP contribution in [0.2, 0.25) is 0 Å². The van der Waals surface area contributed by atoms with Crippen LogP contribution < -0.4 is 0 Å². The van der Waals surface area contributed by atoms with E-state index in [1.165, 1.54) is 0 Å². The molecule has 20 heavy (non-hydrogen) atoms. The number of phenols is 1. The monoisotopic (exact) mass is 300 g/mol. The second kappa shape index (κ2) is 6.40. The molecule has 1 aromatic rings. The molecule has 0 aliphatic rings. The van der Waals surface area contributed by atoms with E-state index in [2.05, 4.69) is 0 Å². The summed E-state index contributed by atoms with van der Waals surface area (Å²) < 4.78 is 10.7. The van der Waals surface area contributed by atoms with Gasteiger partial charge < -0.3 is 19.0 Å². The molecular formula is C15H25O4P. The fourth-order valence-electron chi connectivity index (χ4n) is 1.66. The van der Waals surface area contributed by atoms with Crippen molar-refractivity contribution in [3.8, 4) is 5.75 Å². The van der Waals surface area contributed by atoms with Gasteiger partial charge in [-0.25, -0.2) is 0 Å². The number of rotatable bonds is 4. The summed E-state index contributed by atoms with van der Waals surface area (Å²) in [5.74, 6) is 0.276. The molecule has 2 N–H and O–H groups in total. The summed E-state index contributed by atoms with van der Waals surface area (Å²) in [6.07, 6.45) is 0. The van der Waals surface area contributed by atoms with Gasteiger partial charge in [-0.05, 0) is 49.4 Å². The maximum atomic E-state index is 9.89. The van der Waals surface area contributed by atoms with Gasteiger partial charge in [0.15, 0.2) is 0 Å². The topological polar surface area (TPSA) is 58.9 Å². The number of benzene rings is 1. The van der Waals surface area contributed by atoms with Gasteiger partial charge in [-0.3, -0.25) is 0 Å². The van der Waals surface area contributed by atoms with Crippen molar-refractivity contribution in [3.63, 3.8) is 0 Å². The SMILES string of the molecule is CC(C)(C)OP(O)OCc1ccc(O)c(C(C)(C)C)c1. The van der Waals surface area contributed by atoms with Gasteiger partial charge in [-0.1, -0.05) is 26.8 Å². The molecule has 0 aromatic heterocycles. The van der Waals surface area contributed by atoms with Crippen molar-refractivity contribution in [2.45, 2.75) is 59.2 Å². The van der Waals surface area contributed by atoms with Crippen LogP contribution in [0.15, 0.2) is 18.2 Å². The molecular weight excluding hydrogens is 275 g/mol. The molecule has 5 heteroatoms. The summed E-state index contributed by atoms with van der Waals surface area (Å²) in [4.78, 5) is 9.70. The standard InChI is InChI=1S/C15H25O4P/c1-14(2,3)12-9-11(7-8-13(12)16)10-18-20(17)19-15(4,5)6/h7-9,16-17H,10H2,1-6H3. The molecule has 1 unspecified atom stereocenters. The molecule has 0 spiro atoms. The molecule has 0 saturated carbocycles. The highest BCUT2D eigenvalue weighted by atomic mass is 31.2. The Labute approximate surface area is 122 Å². The molecule has 0 bridgehead atoms. The maximum absolute atomic E-state index is 9.89. The van der Waals surface area contributed by atoms with Crippen molar-refractivity contribution in [2.24, 2.45) is 0 Å². The lowest BCUT2D eigenvalue weighted by Gasteiger charge is -2.23. The van der Waals surface area contributed by atoms with Gasteiger partial charge >= 0.3 is 8.60 Å². The third kappa shape index (κ3) is 5.76. The average molecular weight is 300 g/mol. The van der Waals surface area contributed by atoms with E-state index in [0.29, 0.717) is 0 Å². The van der Waals surface area contributed by atoms with Crippen LogP contribution in [0.3, 0.4) is 0 Å². The van der Waals surface area contributed by atoms with E-state index in [1.54, 1.807) is 12.1 Å². The largest absolute Gasteiger partial charge is 0.508 e. The van der Waals surface area contributed by atoms with Crippen LogP contribution in [0.4, 0.5) is 0 Å². The predicted octanol–water partition coefficient (Wildman–Crippen LogP) is 4.24.